The highest BCUT2D eigenvalue weighted by Gasteiger charge is 2.22. The number of rotatable bonds is 2. The smallest absolute Gasteiger partial charge is 0.244 e. The van der Waals surface area contributed by atoms with Crippen molar-refractivity contribution in [2.24, 2.45) is 0 Å². The molecule has 166 valence electrons. The van der Waals surface area contributed by atoms with Crippen molar-refractivity contribution in [2.75, 3.05) is 33.1 Å². The van der Waals surface area contributed by atoms with Crippen LogP contribution in [0.2, 0.25) is 0 Å². The summed E-state index contributed by atoms with van der Waals surface area (Å²) in [6.45, 7) is 0. The van der Waals surface area contributed by atoms with Crippen LogP contribution in [-0.2, 0) is 0 Å². The Morgan fingerprint density at radius 3 is 2.18 bits per heavy atom. The number of nitrogens with zero attached hydrogens (tertiary/aromatic N) is 5. The van der Waals surface area contributed by atoms with Crippen molar-refractivity contribution in [3.05, 3.63) is 84.2 Å². The van der Waals surface area contributed by atoms with Gasteiger partial charge in [-0.1, -0.05) is 18.2 Å². The van der Waals surface area contributed by atoms with Crippen molar-refractivity contribution in [1.82, 2.24) is 14.5 Å². The topological polar surface area (TPSA) is 49.1 Å². The maximum absolute atomic E-state index is 6.37. The van der Waals surface area contributed by atoms with Crippen LogP contribution in [0.1, 0.15) is 0 Å². The van der Waals surface area contributed by atoms with Crippen LogP contribution >= 0.6 is 0 Å². The minimum Gasteiger partial charge on any atom is -0.452 e. The second kappa shape index (κ2) is 7.63. The van der Waals surface area contributed by atoms with E-state index in [0.29, 0.717) is 0 Å². The fourth-order valence-electron chi connectivity index (χ4n) is 4.37. The van der Waals surface area contributed by atoms with E-state index in [-0.39, 0.29) is 0 Å². The SMILES string of the molecule is CN(C)c1ccc2nc3cc4nc5ccc(=[N+](C)C)cc5[n+](-c5ccccc5)c4cc3oc2c1. The molecule has 0 fully saturated rings. The largest absolute Gasteiger partial charge is 0.452 e. The second-order valence-corrected chi connectivity index (χ2v) is 8.92. The fourth-order valence-corrected chi connectivity index (χ4v) is 4.37. The summed E-state index contributed by atoms with van der Waals surface area (Å²) in [6.07, 6.45) is 0. The quantitative estimate of drug-likeness (QED) is 0.297. The lowest BCUT2D eigenvalue weighted by atomic mass is 10.2. The number of aromatic nitrogens is 3. The zero-order valence-corrected chi connectivity index (χ0v) is 19.6. The van der Waals surface area contributed by atoms with E-state index in [4.69, 9.17) is 14.4 Å². The van der Waals surface area contributed by atoms with E-state index < -0.39 is 0 Å². The van der Waals surface area contributed by atoms with Gasteiger partial charge in [0.1, 0.15) is 36.2 Å². The van der Waals surface area contributed by atoms with E-state index in [1.807, 2.05) is 52.5 Å². The van der Waals surface area contributed by atoms with Crippen LogP contribution in [0.5, 0.6) is 0 Å². The van der Waals surface area contributed by atoms with Gasteiger partial charge in [0.2, 0.25) is 22.1 Å². The Hall–Kier alpha value is -4.32. The molecule has 0 saturated heterocycles. The number of hydrogen-bond acceptors (Lipinski definition) is 4. The molecule has 0 radical (unpaired) electrons. The maximum atomic E-state index is 6.37. The van der Waals surface area contributed by atoms with Crippen LogP contribution < -0.4 is 19.4 Å². The van der Waals surface area contributed by atoms with E-state index in [1.165, 1.54) is 0 Å². The summed E-state index contributed by atoms with van der Waals surface area (Å²) in [7, 11) is 8.14. The van der Waals surface area contributed by atoms with Crippen molar-refractivity contribution in [3.8, 4) is 5.69 Å². The zero-order valence-electron chi connectivity index (χ0n) is 19.6. The molecule has 0 aliphatic carbocycles. The van der Waals surface area contributed by atoms with Crippen molar-refractivity contribution < 1.29 is 8.98 Å². The fraction of sp³-hybridized carbons (Fsp3) is 0.143. The van der Waals surface area contributed by atoms with E-state index >= 15 is 0 Å². The van der Waals surface area contributed by atoms with E-state index in [1.54, 1.807) is 0 Å². The summed E-state index contributed by atoms with van der Waals surface area (Å²) >= 11 is 0. The van der Waals surface area contributed by atoms with E-state index in [0.717, 1.165) is 61.0 Å². The average Bonchev–Trinajstić information content (AvgIpc) is 2.84. The molecule has 4 aromatic carbocycles. The summed E-state index contributed by atoms with van der Waals surface area (Å²) < 4.78 is 10.7. The lowest BCUT2D eigenvalue weighted by molar-refractivity contribution is -0.538. The Kier molecular flexibility index (Phi) is 4.55. The third-order valence-corrected chi connectivity index (χ3v) is 6.19. The van der Waals surface area contributed by atoms with Gasteiger partial charge in [-0.3, -0.25) is 0 Å². The minimum absolute atomic E-state index is 0.727. The number of fused-ring (bicyclic) bond motifs is 4. The predicted octanol–water partition coefficient (Wildman–Crippen LogP) is 4.06. The molecule has 0 spiro atoms. The molecule has 0 atom stereocenters. The average molecular weight is 448 g/mol. The zero-order chi connectivity index (χ0) is 23.4. The predicted molar refractivity (Wildman–Crippen MR) is 137 cm³/mol. The molecule has 0 saturated carbocycles. The lowest BCUT2D eigenvalue weighted by Crippen LogP contribution is -2.35. The molecule has 6 rings (SSSR count). The molecule has 2 aromatic heterocycles. The highest BCUT2D eigenvalue weighted by molar-refractivity contribution is 5.94. The number of para-hydroxylation sites is 1. The van der Waals surface area contributed by atoms with Gasteiger partial charge in [-0.25, -0.2) is 14.5 Å². The van der Waals surface area contributed by atoms with Gasteiger partial charge in [0, 0.05) is 50.1 Å². The minimum atomic E-state index is 0.727. The molecule has 0 unspecified atom stereocenters. The Morgan fingerprint density at radius 2 is 1.41 bits per heavy atom. The Balaban J connectivity index is 1.75. The van der Waals surface area contributed by atoms with Crippen LogP contribution in [0.15, 0.2) is 83.3 Å². The summed E-state index contributed by atoms with van der Waals surface area (Å²) in [5, 5.41) is 1.12. The molecule has 6 nitrogen and oxygen atoms in total. The van der Waals surface area contributed by atoms with E-state index in [9.17, 15) is 0 Å². The monoisotopic (exact) mass is 447 g/mol. The van der Waals surface area contributed by atoms with Crippen molar-refractivity contribution in [1.29, 1.82) is 0 Å². The molecule has 0 bridgehead atoms. The van der Waals surface area contributed by atoms with Gasteiger partial charge < -0.3 is 9.32 Å². The van der Waals surface area contributed by atoms with Gasteiger partial charge in [0.25, 0.3) is 0 Å². The Morgan fingerprint density at radius 1 is 0.706 bits per heavy atom. The molecule has 6 aromatic rings. The second-order valence-electron chi connectivity index (χ2n) is 8.92. The summed E-state index contributed by atoms with van der Waals surface area (Å²) in [4.78, 5) is 11.9. The Labute approximate surface area is 196 Å². The molecule has 34 heavy (non-hydrogen) atoms. The van der Waals surface area contributed by atoms with Gasteiger partial charge >= 0.3 is 0 Å². The van der Waals surface area contributed by atoms with Crippen LogP contribution in [0.4, 0.5) is 5.69 Å². The molecule has 6 heteroatoms. The normalized spacial score (nSPS) is 11.5. The van der Waals surface area contributed by atoms with Gasteiger partial charge in [0.15, 0.2) is 11.2 Å². The first-order valence-electron chi connectivity index (χ1n) is 11.3. The van der Waals surface area contributed by atoms with Crippen molar-refractivity contribution >= 4 is 50.0 Å². The molecule has 0 N–H and O–H groups in total. The van der Waals surface area contributed by atoms with Crippen LogP contribution in [0.25, 0.3) is 50.0 Å². The number of anilines is 1. The van der Waals surface area contributed by atoms with Crippen molar-refractivity contribution in [2.45, 2.75) is 0 Å². The molecule has 2 heterocycles. The molecular formula is C28H25N5O+2. The Bertz CT molecular complexity index is 1800. The number of hydrogen-bond donors (Lipinski definition) is 0. The number of benzene rings is 4. The van der Waals surface area contributed by atoms with Crippen LogP contribution in [0.3, 0.4) is 0 Å². The van der Waals surface area contributed by atoms with Gasteiger partial charge in [-0.2, -0.15) is 0 Å². The van der Waals surface area contributed by atoms with Gasteiger partial charge in [-0.05, 0) is 18.2 Å². The van der Waals surface area contributed by atoms with Gasteiger partial charge in [-0.15, -0.1) is 4.57 Å². The third-order valence-electron chi connectivity index (χ3n) is 6.19. The first-order valence-corrected chi connectivity index (χ1v) is 11.3. The highest BCUT2D eigenvalue weighted by atomic mass is 16.3. The lowest BCUT2D eigenvalue weighted by Gasteiger charge is -2.12. The van der Waals surface area contributed by atoms with Gasteiger partial charge in [0.05, 0.1) is 12.1 Å². The molecule has 0 amide bonds. The highest BCUT2D eigenvalue weighted by Crippen LogP contribution is 2.27. The molecule has 0 aliphatic rings. The first-order chi connectivity index (χ1) is 16.5. The maximum Gasteiger partial charge on any atom is 0.244 e. The summed E-state index contributed by atoms with van der Waals surface area (Å²) in [6, 6.07) is 26.9. The molecular weight excluding hydrogens is 422 g/mol. The standard InChI is InChI=1S/C28H25N5O/c1-31(2)19-10-12-21-25(14-19)33(18-8-6-5-7-9-18)26-17-28-24(16-23(26)29-21)30-22-13-11-20(32(3)4)15-27(22)34-28/h5-17H,1-4H3/q+2. The van der Waals surface area contributed by atoms with Crippen LogP contribution in [0, 0.1) is 0 Å². The molecule has 0 aliphatic heterocycles. The summed E-state index contributed by atoms with van der Waals surface area (Å²) in [5.74, 6) is 0. The summed E-state index contributed by atoms with van der Waals surface area (Å²) in [5.41, 5.74) is 9.03. The van der Waals surface area contributed by atoms with Crippen LogP contribution in [-0.4, -0.2) is 38.2 Å². The first kappa shape index (κ1) is 20.3. The van der Waals surface area contributed by atoms with Crippen molar-refractivity contribution in [3.63, 3.8) is 0 Å². The third kappa shape index (κ3) is 3.27. The van der Waals surface area contributed by atoms with E-state index in [2.05, 4.69) is 68.6 Å².